The van der Waals surface area contributed by atoms with Gasteiger partial charge in [-0.1, -0.05) is 30.3 Å². The molecule has 17 heavy (non-hydrogen) atoms. The zero-order valence-electron chi connectivity index (χ0n) is 10.9. The lowest BCUT2D eigenvalue weighted by molar-refractivity contribution is -0.127. The summed E-state index contributed by atoms with van der Waals surface area (Å²) >= 11 is 0. The van der Waals surface area contributed by atoms with Crippen LogP contribution in [0.25, 0.3) is 0 Å². The summed E-state index contributed by atoms with van der Waals surface area (Å²) in [5, 5.41) is 12.0. The number of aliphatic hydroxyl groups is 1. The third kappa shape index (κ3) is 3.30. The van der Waals surface area contributed by atoms with Crippen LogP contribution in [0.5, 0.6) is 0 Å². The van der Waals surface area contributed by atoms with Crippen LogP contribution in [-0.2, 0) is 10.2 Å². The maximum absolute atomic E-state index is 12.2. The van der Waals surface area contributed by atoms with E-state index < -0.39 is 11.0 Å². The number of rotatable bonds is 4. The van der Waals surface area contributed by atoms with Gasteiger partial charge in [0, 0.05) is 0 Å². The van der Waals surface area contributed by atoms with Crippen molar-refractivity contribution in [3.8, 4) is 0 Å². The lowest BCUT2D eigenvalue weighted by atomic mass is 9.83. The Kier molecular flexibility index (Phi) is 3.94. The molecule has 0 spiro atoms. The number of nitrogens with one attached hydrogen (secondary N) is 1. The third-order valence-corrected chi connectivity index (χ3v) is 2.91. The number of carbonyl (C=O) groups is 1. The first-order valence-electron chi connectivity index (χ1n) is 5.78. The highest BCUT2D eigenvalue weighted by molar-refractivity contribution is 5.87. The van der Waals surface area contributed by atoms with E-state index in [0.29, 0.717) is 0 Å². The molecule has 0 aromatic heterocycles. The first-order valence-corrected chi connectivity index (χ1v) is 5.78. The van der Waals surface area contributed by atoms with Crippen LogP contribution in [0.3, 0.4) is 0 Å². The van der Waals surface area contributed by atoms with E-state index in [4.69, 9.17) is 5.11 Å². The maximum Gasteiger partial charge on any atom is 0.230 e. The summed E-state index contributed by atoms with van der Waals surface area (Å²) in [6.07, 6.45) is 0. The van der Waals surface area contributed by atoms with Gasteiger partial charge in [0.15, 0.2) is 0 Å². The average Bonchev–Trinajstić information content (AvgIpc) is 2.29. The lowest BCUT2D eigenvalue weighted by Gasteiger charge is -2.31. The van der Waals surface area contributed by atoms with E-state index in [1.54, 1.807) is 13.8 Å². The average molecular weight is 235 g/mol. The van der Waals surface area contributed by atoms with Gasteiger partial charge >= 0.3 is 0 Å². The smallest absolute Gasteiger partial charge is 0.230 e. The first kappa shape index (κ1) is 13.7. The van der Waals surface area contributed by atoms with Gasteiger partial charge in [0.05, 0.1) is 17.6 Å². The van der Waals surface area contributed by atoms with Crippen LogP contribution in [0.15, 0.2) is 30.3 Å². The van der Waals surface area contributed by atoms with Gasteiger partial charge in [-0.3, -0.25) is 4.79 Å². The van der Waals surface area contributed by atoms with Crippen molar-refractivity contribution in [2.24, 2.45) is 0 Å². The Balaban J connectivity index is 2.88. The van der Waals surface area contributed by atoms with Gasteiger partial charge in [-0.25, -0.2) is 0 Å². The minimum Gasteiger partial charge on any atom is -0.394 e. The highest BCUT2D eigenvalue weighted by Crippen LogP contribution is 2.23. The fraction of sp³-hybridized carbons (Fsp3) is 0.500. The molecule has 1 amide bonds. The van der Waals surface area contributed by atoms with Gasteiger partial charge in [-0.05, 0) is 33.3 Å². The van der Waals surface area contributed by atoms with E-state index in [2.05, 4.69) is 5.32 Å². The van der Waals surface area contributed by atoms with E-state index in [1.807, 2.05) is 44.2 Å². The number of hydrogen-bond donors (Lipinski definition) is 2. The largest absolute Gasteiger partial charge is 0.394 e. The minimum absolute atomic E-state index is 0.0798. The number of amides is 1. The molecule has 0 unspecified atom stereocenters. The van der Waals surface area contributed by atoms with Crippen molar-refractivity contribution in [2.75, 3.05) is 6.61 Å². The summed E-state index contributed by atoms with van der Waals surface area (Å²) in [5.41, 5.74) is -0.233. The van der Waals surface area contributed by atoms with Crippen LogP contribution in [0.2, 0.25) is 0 Å². The predicted molar refractivity (Wildman–Crippen MR) is 68.8 cm³/mol. The molecule has 3 nitrogen and oxygen atoms in total. The standard InChI is InChI=1S/C14H21NO2/c1-13(2,10-16)15-12(17)14(3,4)11-8-6-5-7-9-11/h5-9,16H,10H2,1-4H3,(H,15,17). The van der Waals surface area contributed by atoms with Gasteiger partial charge in [0.25, 0.3) is 0 Å². The topological polar surface area (TPSA) is 49.3 Å². The summed E-state index contributed by atoms with van der Waals surface area (Å²) in [6.45, 7) is 7.28. The molecule has 1 rings (SSSR count). The molecule has 0 saturated heterocycles. The van der Waals surface area contributed by atoms with Crippen molar-refractivity contribution in [1.29, 1.82) is 0 Å². The van der Waals surface area contributed by atoms with Crippen LogP contribution in [0, 0.1) is 0 Å². The Bertz CT molecular complexity index is 382. The second-order valence-electron chi connectivity index (χ2n) is 5.49. The molecule has 0 aliphatic heterocycles. The molecule has 0 aliphatic carbocycles. The molecule has 1 aromatic rings. The second kappa shape index (κ2) is 4.88. The molecule has 0 saturated carbocycles. The third-order valence-electron chi connectivity index (χ3n) is 2.91. The quantitative estimate of drug-likeness (QED) is 0.836. The lowest BCUT2D eigenvalue weighted by Crippen LogP contribution is -2.52. The zero-order chi connectivity index (χ0) is 13.1. The fourth-order valence-corrected chi connectivity index (χ4v) is 1.49. The van der Waals surface area contributed by atoms with Gasteiger partial charge in [0.1, 0.15) is 0 Å². The van der Waals surface area contributed by atoms with Gasteiger partial charge in [-0.2, -0.15) is 0 Å². The summed E-state index contributed by atoms with van der Waals surface area (Å²) < 4.78 is 0. The van der Waals surface area contributed by atoms with Crippen molar-refractivity contribution < 1.29 is 9.90 Å². The predicted octanol–water partition coefficient (Wildman–Crippen LogP) is 1.85. The summed E-state index contributed by atoms with van der Waals surface area (Å²) in [5.74, 6) is -0.0808. The van der Waals surface area contributed by atoms with Crippen molar-refractivity contribution in [3.05, 3.63) is 35.9 Å². The SMILES string of the molecule is CC(C)(CO)NC(=O)C(C)(C)c1ccccc1. The van der Waals surface area contributed by atoms with Gasteiger partial charge in [0.2, 0.25) is 5.91 Å². The Labute approximate surface area is 103 Å². The number of benzene rings is 1. The first-order chi connectivity index (χ1) is 7.79. The molecule has 0 aliphatic rings. The number of aliphatic hydroxyl groups excluding tert-OH is 1. The molecule has 2 N–H and O–H groups in total. The molecule has 94 valence electrons. The molecule has 0 heterocycles. The Morgan fingerprint density at radius 1 is 1.18 bits per heavy atom. The number of hydrogen-bond acceptors (Lipinski definition) is 2. The van der Waals surface area contributed by atoms with Crippen molar-refractivity contribution >= 4 is 5.91 Å². The van der Waals surface area contributed by atoms with Gasteiger partial charge < -0.3 is 10.4 Å². The highest BCUT2D eigenvalue weighted by Gasteiger charge is 2.32. The van der Waals surface area contributed by atoms with Crippen molar-refractivity contribution in [2.45, 2.75) is 38.6 Å². The summed E-state index contributed by atoms with van der Waals surface area (Å²) in [7, 11) is 0. The Morgan fingerprint density at radius 3 is 2.18 bits per heavy atom. The normalized spacial score (nSPS) is 12.3. The van der Waals surface area contributed by atoms with E-state index >= 15 is 0 Å². The van der Waals surface area contributed by atoms with Crippen LogP contribution >= 0.6 is 0 Å². The van der Waals surface area contributed by atoms with Crippen LogP contribution < -0.4 is 5.32 Å². The summed E-state index contributed by atoms with van der Waals surface area (Å²) in [6, 6.07) is 9.63. The van der Waals surface area contributed by atoms with E-state index in [9.17, 15) is 4.79 Å². The molecule has 0 radical (unpaired) electrons. The maximum atomic E-state index is 12.2. The molecule has 0 atom stereocenters. The van der Waals surface area contributed by atoms with E-state index in [0.717, 1.165) is 5.56 Å². The molecular weight excluding hydrogens is 214 g/mol. The molecule has 0 bridgehead atoms. The van der Waals surface area contributed by atoms with Gasteiger partial charge in [-0.15, -0.1) is 0 Å². The molecule has 3 heteroatoms. The summed E-state index contributed by atoms with van der Waals surface area (Å²) in [4.78, 5) is 12.2. The van der Waals surface area contributed by atoms with E-state index in [-0.39, 0.29) is 12.5 Å². The monoisotopic (exact) mass is 235 g/mol. The second-order valence-corrected chi connectivity index (χ2v) is 5.49. The Hall–Kier alpha value is -1.35. The van der Waals surface area contributed by atoms with Crippen LogP contribution in [0.4, 0.5) is 0 Å². The van der Waals surface area contributed by atoms with Crippen molar-refractivity contribution in [3.63, 3.8) is 0 Å². The highest BCUT2D eigenvalue weighted by atomic mass is 16.3. The van der Waals surface area contributed by atoms with E-state index in [1.165, 1.54) is 0 Å². The van der Waals surface area contributed by atoms with Crippen LogP contribution in [0.1, 0.15) is 33.3 Å². The Morgan fingerprint density at radius 2 is 1.71 bits per heavy atom. The fourth-order valence-electron chi connectivity index (χ4n) is 1.49. The van der Waals surface area contributed by atoms with Crippen molar-refractivity contribution in [1.82, 2.24) is 5.32 Å². The zero-order valence-corrected chi connectivity index (χ0v) is 10.9. The molecular formula is C14H21NO2. The van der Waals surface area contributed by atoms with Crippen LogP contribution in [-0.4, -0.2) is 23.2 Å². The molecule has 1 aromatic carbocycles. The molecule has 0 fully saturated rings. The number of carbonyl (C=O) groups excluding carboxylic acids is 1. The minimum atomic E-state index is -0.603.